The molecule has 2 fully saturated rings. The lowest BCUT2D eigenvalue weighted by molar-refractivity contribution is -0.0202. The van der Waals surface area contributed by atoms with Crippen LogP contribution in [0.2, 0.25) is 0 Å². The lowest BCUT2D eigenvalue weighted by Crippen LogP contribution is -2.49. The summed E-state index contributed by atoms with van der Waals surface area (Å²) in [5, 5.41) is 0. The van der Waals surface area contributed by atoms with E-state index in [1.165, 1.54) is 0 Å². The molecule has 3 atom stereocenters. The van der Waals surface area contributed by atoms with Crippen LogP contribution in [-0.2, 0) is 4.74 Å². The van der Waals surface area contributed by atoms with Crippen molar-refractivity contribution in [3.63, 3.8) is 0 Å². The zero-order chi connectivity index (χ0) is 13.5. The minimum absolute atomic E-state index is 0.0578. The molecule has 0 radical (unpaired) electrons. The Labute approximate surface area is 106 Å². The first-order chi connectivity index (χ1) is 8.28. The van der Waals surface area contributed by atoms with Crippen molar-refractivity contribution in [1.29, 1.82) is 0 Å². The molecule has 1 unspecified atom stereocenters. The number of carbonyl (C=O) groups excluding carboxylic acids is 1. The van der Waals surface area contributed by atoms with Gasteiger partial charge in [0, 0.05) is 18.0 Å². The summed E-state index contributed by atoms with van der Waals surface area (Å²) in [6.45, 7) is 5.45. The minimum atomic E-state index is -2.27. The van der Waals surface area contributed by atoms with E-state index in [2.05, 4.69) is 0 Å². The largest absolute Gasteiger partial charge is 0.444 e. The van der Waals surface area contributed by atoms with Crippen molar-refractivity contribution in [3.8, 4) is 0 Å². The van der Waals surface area contributed by atoms with Crippen LogP contribution in [0.1, 0.15) is 46.5 Å². The monoisotopic (exact) mass is 261 g/mol. The summed E-state index contributed by atoms with van der Waals surface area (Å²) in [6.07, 6.45) is -0.141. The molecule has 3 nitrogen and oxygen atoms in total. The highest BCUT2D eigenvalue weighted by Gasteiger charge is 2.46. The Morgan fingerprint density at radius 3 is 2.11 bits per heavy atom. The average molecular weight is 261 g/mol. The Bertz CT molecular complexity index is 313. The predicted molar refractivity (Wildman–Crippen MR) is 63.6 cm³/mol. The molecule has 2 heterocycles. The fraction of sp³-hybridized carbons (Fsp3) is 0.923. The highest BCUT2D eigenvalue weighted by Crippen LogP contribution is 2.41. The number of halogens is 2. The Balaban J connectivity index is 2.02. The van der Waals surface area contributed by atoms with Crippen LogP contribution in [0.5, 0.6) is 0 Å². The van der Waals surface area contributed by atoms with Crippen molar-refractivity contribution >= 4 is 6.09 Å². The second kappa shape index (κ2) is 4.67. The van der Waals surface area contributed by atoms with Gasteiger partial charge in [0.2, 0.25) is 6.43 Å². The fourth-order valence-electron chi connectivity index (χ4n) is 3.04. The first-order valence-electron chi connectivity index (χ1n) is 6.57. The van der Waals surface area contributed by atoms with Crippen molar-refractivity contribution in [2.45, 2.75) is 70.6 Å². The average Bonchev–Trinajstić information content (AvgIpc) is 2.47. The zero-order valence-electron chi connectivity index (χ0n) is 11.2. The molecule has 2 saturated heterocycles. The summed E-state index contributed by atoms with van der Waals surface area (Å²) in [7, 11) is 0. The first-order valence-corrected chi connectivity index (χ1v) is 6.57. The molecule has 5 heteroatoms. The second-order valence-electron chi connectivity index (χ2n) is 6.34. The summed E-state index contributed by atoms with van der Waals surface area (Å²) >= 11 is 0. The van der Waals surface area contributed by atoms with Crippen molar-refractivity contribution in [2.75, 3.05) is 0 Å². The van der Waals surface area contributed by atoms with E-state index in [0.717, 1.165) is 12.8 Å². The molecular formula is C13H21F2NO2. The molecule has 104 valence electrons. The van der Waals surface area contributed by atoms with Gasteiger partial charge in [-0.3, -0.25) is 0 Å². The molecular weight excluding hydrogens is 240 g/mol. The van der Waals surface area contributed by atoms with Gasteiger partial charge in [-0.1, -0.05) is 0 Å². The number of piperidine rings is 1. The topological polar surface area (TPSA) is 29.5 Å². The van der Waals surface area contributed by atoms with E-state index in [1.807, 2.05) is 20.8 Å². The highest BCUT2D eigenvalue weighted by molar-refractivity contribution is 5.69. The van der Waals surface area contributed by atoms with Gasteiger partial charge in [-0.15, -0.1) is 0 Å². The van der Waals surface area contributed by atoms with Gasteiger partial charge in [0.25, 0.3) is 0 Å². The number of ether oxygens (including phenoxy) is 1. The van der Waals surface area contributed by atoms with E-state index < -0.39 is 17.9 Å². The standard InChI is InChI=1S/C13H21F2NO2/c1-13(2,3)18-12(17)16-9-4-5-10(16)7-8(6-9)11(14)15/h8-11H,4-7H2,1-3H3/t8?,9-,10+. The summed E-state index contributed by atoms with van der Waals surface area (Å²) in [5.41, 5.74) is -0.532. The van der Waals surface area contributed by atoms with Crippen LogP contribution >= 0.6 is 0 Å². The maximum absolute atomic E-state index is 12.8. The van der Waals surface area contributed by atoms with Gasteiger partial charge < -0.3 is 9.64 Å². The van der Waals surface area contributed by atoms with Crippen molar-refractivity contribution in [2.24, 2.45) is 5.92 Å². The molecule has 2 rings (SSSR count). The van der Waals surface area contributed by atoms with E-state index in [1.54, 1.807) is 4.90 Å². The number of nitrogens with zero attached hydrogens (tertiary/aromatic N) is 1. The van der Waals surface area contributed by atoms with E-state index in [-0.39, 0.29) is 18.2 Å². The molecule has 0 aliphatic carbocycles. The summed E-state index contributed by atoms with van der Waals surface area (Å²) in [4.78, 5) is 13.8. The van der Waals surface area contributed by atoms with Crippen molar-refractivity contribution in [1.82, 2.24) is 4.90 Å². The number of rotatable bonds is 1. The SMILES string of the molecule is CC(C)(C)OC(=O)N1[C@@H]2CC[C@H]1CC(C(F)F)C2. The zero-order valence-corrected chi connectivity index (χ0v) is 11.2. The molecule has 2 aliphatic heterocycles. The Kier molecular flexibility index (Phi) is 3.52. The van der Waals surface area contributed by atoms with Crippen LogP contribution in [0.4, 0.5) is 13.6 Å². The number of hydrogen-bond acceptors (Lipinski definition) is 2. The van der Waals surface area contributed by atoms with Gasteiger partial charge >= 0.3 is 6.09 Å². The lowest BCUT2D eigenvalue weighted by Gasteiger charge is -2.39. The maximum Gasteiger partial charge on any atom is 0.410 e. The van der Waals surface area contributed by atoms with Gasteiger partial charge in [0.05, 0.1) is 0 Å². The molecule has 0 aromatic carbocycles. The maximum atomic E-state index is 12.8. The third-order valence-electron chi connectivity index (χ3n) is 3.73. The minimum Gasteiger partial charge on any atom is -0.444 e. The number of hydrogen-bond donors (Lipinski definition) is 0. The van der Waals surface area contributed by atoms with E-state index in [4.69, 9.17) is 4.74 Å². The quantitative estimate of drug-likeness (QED) is 0.723. The molecule has 0 aromatic rings. The number of amides is 1. The van der Waals surface area contributed by atoms with E-state index in [9.17, 15) is 13.6 Å². The first kappa shape index (κ1) is 13.6. The lowest BCUT2D eigenvalue weighted by atomic mass is 9.91. The normalized spacial score (nSPS) is 31.9. The number of carbonyl (C=O) groups is 1. The molecule has 0 spiro atoms. The molecule has 2 aliphatic rings. The third kappa shape index (κ3) is 2.75. The number of alkyl halides is 2. The van der Waals surface area contributed by atoms with Crippen molar-refractivity contribution < 1.29 is 18.3 Å². The fourth-order valence-corrected chi connectivity index (χ4v) is 3.04. The summed E-state index contributed by atoms with van der Waals surface area (Å²) in [6, 6.07) is -0.116. The molecule has 18 heavy (non-hydrogen) atoms. The Morgan fingerprint density at radius 1 is 1.22 bits per heavy atom. The summed E-state index contributed by atoms with van der Waals surface area (Å²) < 4.78 is 30.9. The second-order valence-corrected chi connectivity index (χ2v) is 6.34. The van der Waals surface area contributed by atoms with Gasteiger partial charge in [0.15, 0.2) is 0 Å². The Morgan fingerprint density at radius 2 is 1.72 bits per heavy atom. The molecule has 1 amide bonds. The van der Waals surface area contributed by atoms with Crippen LogP contribution in [0.15, 0.2) is 0 Å². The van der Waals surface area contributed by atoms with Crippen LogP contribution in [0.25, 0.3) is 0 Å². The highest BCUT2D eigenvalue weighted by atomic mass is 19.3. The molecule has 2 bridgehead atoms. The van der Waals surface area contributed by atoms with E-state index in [0.29, 0.717) is 12.8 Å². The third-order valence-corrected chi connectivity index (χ3v) is 3.73. The smallest absolute Gasteiger partial charge is 0.410 e. The summed E-state index contributed by atoms with van der Waals surface area (Å²) in [5.74, 6) is -0.554. The van der Waals surface area contributed by atoms with Gasteiger partial charge in [-0.25, -0.2) is 13.6 Å². The van der Waals surface area contributed by atoms with Crippen LogP contribution in [0.3, 0.4) is 0 Å². The van der Waals surface area contributed by atoms with Gasteiger partial charge in [-0.05, 0) is 46.5 Å². The van der Waals surface area contributed by atoms with Gasteiger partial charge in [0.1, 0.15) is 5.60 Å². The van der Waals surface area contributed by atoms with Crippen LogP contribution in [0, 0.1) is 5.92 Å². The van der Waals surface area contributed by atoms with Crippen molar-refractivity contribution in [3.05, 3.63) is 0 Å². The Hall–Kier alpha value is -0.870. The molecule has 0 aromatic heterocycles. The van der Waals surface area contributed by atoms with Crippen LogP contribution in [-0.4, -0.2) is 35.1 Å². The molecule has 0 N–H and O–H groups in total. The van der Waals surface area contributed by atoms with Crippen LogP contribution < -0.4 is 0 Å². The molecule has 0 saturated carbocycles. The van der Waals surface area contributed by atoms with Gasteiger partial charge in [-0.2, -0.15) is 0 Å². The predicted octanol–water partition coefficient (Wildman–Crippen LogP) is 3.43. The van der Waals surface area contributed by atoms with E-state index >= 15 is 0 Å². The number of fused-ring (bicyclic) bond motifs is 2.